The quantitative estimate of drug-likeness (QED) is 0.680. The van der Waals surface area contributed by atoms with E-state index in [-0.39, 0.29) is 0 Å². The SMILES string of the molecule is CCc1c(Cl)cc(C)cc1CC=O. The molecule has 0 bridgehead atoms. The Morgan fingerprint density at radius 2 is 2.15 bits per heavy atom. The van der Waals surface area contributed by atoms with Crippen LogP contribution < -0.4 is 0 Å². The summed E-state index contributed by atoms with van der Waals surface area (Å²) in [4.78, 5) is 10.4. The van der Waals surface area contributed by atoms with Crippen molar-refractivity contribution < 1.29 is 4.79 Å². The third-order valence-corrected chi connectivity index (χ3v) is 2.43. The van der Waals surface area contributed by atoms with E-state index in [9.17, 15) is 4.79 Å². The molecule has 13 heavy (non-hydrogen) atoms. The molecule has 0 spiro atoms. The number of rotatable bonds is 3. The summed E-state index contributed by atoms with van der Waals surface area (Å²) in [6.07, 6.45) is 2.26. The Morgan fingerprint density at radius 1 is 1.46 bits per heavy atom. The second kappa shape index (κ2) is 4.43. The van der Waals surface area contributed by atoms with Crippen molar-refractivity contribution >= 4 is 17.9 Å². The maximum absolute atomic E-state index is 10.4. The number of aryl methyl sites for hydroxylation is 1. The van der Waals surface area contributed by atoms with Gasteiger partial charge in [-0.3, -0.25) is 0 Å². The van der Waals surface area contributed by atoms with Crippen LogP contribution in [0.2, 0.25) is 5.02 Å². The highest BCUT2D eigenvalue weighted by molar-refractivity contribution is 6.31. The largest absolute Gasteiger partial charge is 0.303 e. The third kappa shape index (κ3) is 2.31. The van der Waals surface area contributed by atoms with Crippen molar-refractivity contribution in [2.24, 2.45) is 0 Å². The van der Waals surface area contributed by atoms with Gasteiger partial charge in [-0.05, 0) is 36.1 Å². The first-order valence-corrected chi connectivity index (χ1v) is 4.78. The number of carbonyl (C=O) groups excluding carboxylic acids is 1. The summed E-state index contributed by atoms with van der Waals surface area (Å²) in [7, 11) is 0. The molecule has 1 rings (SSSR count). The van der Waals surface area contributed by atoms with Crippen LogP contribution in [0.1, 0.15) is 23.6 Å². The van der Waals surface area contributed by atoms with Gasteiger partial charge in [0.2, 0.25) is 0 Å². The first kappa shape index (κ1) is 10.3. The normalized spacial score (nSPS) is 10.1. The zero-order valence-corrected chi connectivity index (χ0v) is 8.69. The summed E-state index contributed by atoms with van der Waals surface area (Å²) >= 11 is 6.05. The standard InChI is InChI=1S/C11H13ClO/c1-3-10-9(4-5-13)6-8(2)7-11(10)12/h5-7H,3-4H2,1-2H3. The highest BCUT2D eigenvalue weighted by Crippen LogP contribution is 2.22. The average molecular weight is 197 g/mol. The van der Waals surface area contributed by atoms with Crippen LogP contribution in [-0.2, 0) is 17.6 Å². The van der Waals surface area contributed by atoms with Crippen molar-refractivity contribution in [1.82, 2.24) is 0 Å². The Labute approximate surface area is 83.7 Å². The number of aldehydes is 1. The Balaban J connectivity index is 3.20. The maximum Gasteiger partial charge on any atom is 0.124 e. The summed E-state index contributed by atoms with van der Waals surface area (Å²) in [5.74, 6) is 0. The zero-order chi connectivity index (χ0) is 9.84. The zero-order valence-electron chi connectivity index (χ0n) is 7.93. The monoisotopic (exact) mass is 196 g/mol. The summed E-state index contributed by atoms with van der Waals surface area (Å²) < 4.78 is 0. The van der Waals surface area contributed by atoms with E-state index < -0.39 is 0 Å². The minimum atomic E-state index is 0.463. The topological polar surface area (TPSA) is 17.1 Å². The smallest absolute Gasteiger partial charge is 0.124 e. The molecule has 1 nitrogen and oxygen atoms in total. The van der Waals surface area contributed by atoms with Crippen LogP contribution in [0.4, 0.5) is 0 Å². The van der Waals surface area contributed by atoms with E-state index in [2.05, 4.69) is 0 Å². The minimum absolute atomic E-state index is 0.463. The lowest BCUT2D eigenvalue weighted by atomic mass is 10.0. The van der Waals surface area contributed by atoms with Crippen LogP contribution in [0.15, 0.2) is 12.1 Å². The molecule has 0 unspecified atom stereocenters. The van der Waals surface area contributed by atoms with E-state index in [1.165, 1.54) is 0 Å². The molecule has 0 saturated carbocycles. The van der Waals surface area contributed by atoms with Gasteiger partial charge >= 0.3 is 0 Å². The first-order chi connectivity index (χ1) is 6.19. The fraction of sp³-hybridized carbons (Fsp3) is 0.364. The third-order valence-electron chi connectivity index (χ3n) is 2.09. The lowest BCUT2D eigenvalue weighted by Crippen LogP contribution is -1.96. The van der Waals surface area contributed by atoms with Gasteiger partial charge in [0.25, 0.3) is 0 Å². The van der Waals surface area contributed by atoms with Crippen molar-refractivity contribution in [2.45, 2.75) is 26.7 Å². The van der Waals surface area contributed by atoms with Crippen LogP contribution in [-0.4, -0.2) is 6.29 Å². The number of benzene rings is 1. The van der Waals surface area contributed by atoms with Crippen LogP contribution in [0.3, 0.4) is 0 Å². The van der Waals surface area contributed by atoms with Gasteiger partial charge in [-0.25, -0.2) is 0 Å². The van der Waals surface area contributed by atoms with Crippen molar-refractivity contribution in [3.63, 3.8) is 0 Å². The van der Waals surface area contributed by atoms with E-state index in [1.807, 2.05) is 26.0 Å². The molecule has 0 atom stereocenters. The summed E-state index contributed by atoms with van der Waals surface area (Å²) in [6, 6.07) is 3.97. The van der Waals surface area contributed by atoms with E-state index in [0.29, 0.717) is 6.42 Å². The van der Waals surface area contributed by atoms with E-state index in [0.717, 1.165) is 34.4 Å². The fourth-order valence-corrected chi connectivity index (χ4v) is 1.94. The molecular weight excluding hydrogens is 184 g/mol. The molecule has 0 aliphatic carbocycles. The van der Waals surface area contributed by atoms with Gasteiger partial charge in [-0.2, -0.15) is 0 Å². The first-order valence-electron chi connectivity index (χ1n) is 4.40. The van der Waals surface area contributed by atoms with Gasteiger partial charge in [-0.1, -0.05) is 24.6 Å². The second-order valence-corrected chi connectivity index (χ2v) is 3.52. The van der Waals surface area contributed by atoms with Crippen LogP contribution in [0, 0.1) is 6.92 Å². The van der Waals surface area contributed by atoms with Gasteiger partial charge in [0, 0.05) is 11.4 Å². The Bertz CT molecular complexity index is 318. The van der Waals surface area contributed by atoms with Crippen LogP contribution in [0.25, 0.3) is 0 Å². The summed E-state index contributed by atoms with van der Waals surface area (Å²) in [5, 5.41) is 0.777. The fourth-order valence-electron chi connectivity index (χ4n) is 1.51. The number of halogens is 1. The number of hydrogen-bond acceptors (Lipinski definition) is 1. The van der Waals surface area contributed by atoms with Gasteiger partial charge in [0.15, 0.2) is 0 Å². The maximum atomic E-state index is 10.4. The number of carbonyl (C=O) groups is 1. The molecule has 70 valence electrons. The molecule has 0 saturated heterocycles. The van der Waals surface area contributed by atoms with Gasteiger partial charge < -0.3 is 4.79 Å². The summed E-state index contributed by atoms with van der Waals surface area (Å²) in [6.45, 7) is 4.03. The van der Waals surface area contributed by atoms with Crippen molar-refractivity contribution in [1.29, 1.82) is 0 Å². The predicted octanol–water partition coefficient (Wildman–Crippen LogP) is 2.95. The molecule has 0 N–H and O–H groups in total. The highest BCUT2D eigenvalue weighted by Gasteiger charge is 2.05. The van der Waals surface area contributed by atoms with E-state index in [4.69, 9.17) is 11.6 Å². The van der Waals surface area contributed by atoms with Crippen LogP contribution >= 0.6 is 11.6 Å². The van der Waals surface area contributed by atoms with Crippen LogP contribution in [0.5, 0.6) is 0 Å². The number of hydrogen-bond donors (Lipinski definition) is 0. The van der Waals surface area contributed by atoms with E-state index in [1.54, 1.807) is 0 Å². The molecule has 0 aromatic heterocycles. The molecule has 0 heterocycles. The molecule has 0 aliphatic heterocycles. The molecule has 0 radical (unpaired) electrons. The Kier molecular flexibility index (Phi) is 3.49. The van der Waals surface area contributed by atoms with Gasteiger partial charge in [-0.15, -0.1) is 0 Å². The average Bonchev–Trinajstić information content (AvgIpc) is 2.04. The minimum Gasteiger partial charge on any atom is -0.303 e. The van der Waals surface area contributed by atoms with E-state index >= 15 is 0 Å². The van der Waals surface area contributed by atoms with Crippen molar-refractivity contribution in [3.8, 4) is 0 Å². The van der Waals surface area contributed by atoms with Crippen molar-refractivity contribution in [2.75, 3.05) is 0 Å². The lowest BCUT2D eigenvalue weighted by Gasteiger charge is -2.08. The van der Waals surface area contributed by atoms with Gasteiger partial charge in [0.1, 0.15) is 6.29 Å². The molecule has 0 aliphatic rings. The molecule has 0 amide bonds. The molecule has 2 heteroatoms. The Hall–Kier alpha value is -0.820. The highest BCUT2D eigenvalue weighted by atomic mass is 35.5. The predicted molar refractivity (Wildman–Crippen MR) is 55.3 cm³/mol. The molecule has 1 aromatic rings. The summed E-state index contributed by atoms with van der Waals surface area (Å²) in [5.41, 5.74) is 3.26. The molecule has 1 aromatic carbocycles. The molecular formula is C11H13ClO. The Morgan fingerprint density at radius 3 is 2.69 bits per heavy atom. The second-order valence-electron chi connectivity index (χ2n) is 3.11. The van der Waals surface area contributed by atoms with Crippen molar-refractivity contribution in [3.05, 3.63) is 33.8 Å². The lowest BCUT2D eigenvalue weighted by molar-refractivity contribution is -0.107. The van der Waals surface area contributed by atoms with Gasteiger partial charge in [0.05, 0.1) is 0 Å². The molecule has 0 fully saturated rings.